The molecule has 6 heteroatoms. The van der Waals surface area contributed by atoms with E-state index in [1.165, 1.54) is 0 Å². The summed E-state index contributed by atoms with van der Waals surface area (Å²) in [5, 5.41) is 13.2. The van der Waals surface area contributed by atoms with Gasteiger partial charge in [-0.1, -0.05) is 6.92 Å². The summed E-state index contributed by atoms with van der Waals surface area (Å²) in [5.41, 5.74) is 0.711. The lowest BCUT2D eigenvalue weighted by molar-refractivity contribution is -0.165. The first kappa shape index (κ1) is 15.0. The molecule has 6 nitrogen and oxygen atoms in total. The van der Waals surface area contributed by atoms with Crippen molar-refractivity contribution in [3.63, 3.8) is 0 Å². The van der Waals surface area contributed by atoms with E-state index in [2.05, 4.69) is 23.8 Å². The first-order chi connectivity index (χ1) is 9.42. The van der Waals surface area contributed by atoms with Gasteiger partial charge in [0.15, 0.2) is 0 Å². The highest BCUT2D eigenvalue weighted by molar-refractivity contribution is 5.68. The second kappa shape index (κ2) is 5.93. The molecule has 0 bridgehead atoms. The zero-order valence-corrected chi connectivity index (χ0v) is 12.4. The third-order valence-corrected chi connectivity index (χ3v) is 3.75. The monoisotopic (exact) mass is 281 g/mol. The first-order valence-electron chi connectivity index (χ1n) is 7.04. The highest BCUT2D eigenvalue weighted by Gasteiger charge is 2.40. The molecule has 0 aliphatic carbocycles. The maximum Gasteiger partial charge on any atom is 0.329 e. The molecule has 2 heterocycles. The molecule has 1 fully saturated rings. The Bertz CT molecular complexity index is 466. The Morgan fingerprint density at radius 3 is 2.90 bits per heavy atom. The van der Waals surface area contributed by atoms with Crippen LogP contribution in [0.5, 0.6) is 0 Å². The van der Waals surface area contributed by atoms with Crippen molar-refractivity contribution in [1.29, 1.82) is 0 Å². The molecule has 1 aromatic rings. The quantitative estimate of drug-likeness (QED) is 0.821. The van der Waals surface area contributed by atoms with Crippen molar-refractivity contribution in [2.45, 2.75) is 45.4 Å². The molecule has 2 rings (SSSR count). The molecule has 1 aliphatic heterocycles. The van der Waals surface area contributed by atoms with E-state index >= 15 is 0 Å². The predicted molar refractivity (Wildman–Crippen MR) is 74.5 cm³/mol. The van der Waals surface area contributed by atoms with E-state index in [4.69, 9.17) is 9.84 Å². The van der Waals surface area contributed by atoms with Crippen molar-refractivity contribution >= 4 is 5.97 Å². The lowest BCUT2D eigenvalue weighted by atomic mass is 9.96. The molecular weight excluding hydrogens is 258 g/mol. The van der Waals surface area contributed by atoms with Gasteiger partial charge in [-0.15, -0.1) is 0 Å². The number of carbonyl (C=O) groups is 1. The van der Waals surface area contributed by atoms with Crippen molar-refractivity contribution < 1.29 is 14.6 Å². The highest BCUT2D eigenvalue weighted by atomic mass is 16.5. The number of aliphatic carboxylic acids is 1. The van der Waals surface area contributed by atoms with E-state index in [1.54, 1.807) is 0 Å². The van der Waals surface area contributed by atoms with Crippen LogP contribution in [0.1, 0.15) is 38.9 Å². The van der Waals surface area contributed by atoms with Gasteiger partial charge < -0.3 is 9.84 Å². The minimum absolute atomic E-state index is 0.229. The standard InChI is InChI=1S/C14H23N3O3/c1-4-11(2)17-6-5-12(15-17)7-16-9-14(3,10-16)20-8-13(18)19/h5-6,11H,4,7-10H2,1-3H3,(H,18,19). The molecule has 0 saturated carbocycles. The van der Waals surface area contributed by atoms with Gasteiger partial charge in [0.1, 0.15) is 6.61 Å². The number of rotatable bonds is 7. The normalized spacial score (nSPS) is 19.6. The van der Waals surface area contributed by atoms with Gasteiger partial charge in [-0.3, -0.25) is 9.58 Å². The Kier molecular flexibility index (Phi) is 4.45. The third-order valence-electron chi connectivity index (χ3n) is 3.75. The average Bonchev–Trinajstić information content (AvgIpc) is 2.82. The van der Waals surface area contributed by atoms with Gasteiger partial charge in [-0.25, -0.2) is 4.79 Å². The maximum absolute atomic E-state index is 10.5. The van der Waals surface area contributed by atoms with Crippen LogP contribution >= 0.6 is 0 Å². The van der Waals surface area contributed by atoms with Crippen LogP contribution in [-0.2, 0) is 16.1 Å². The van der Waals surface area contributed by atoms with Crippen molar-refractivity contribution in [3.8, 4) is 0 Å². The van der Waals surface area contributed by atoms with Crippen LogP contribution < -0.4 is 0 Å². The van der Waals surface area contributed by atoms with Gasteiger partial charge in [0.2, 0.25) is 0 Å². The molecule has 0 aromatic carbocycles. The molecule has 0 spiro atoms. The highest BCUT2D eigenvalue weighted by Crippen LogP contribution is 2.26. The lowest BCUT2D eigenvalue weighted by Crippen LogP contribution is -2.61. The zero-order chi connectivity index (χ0) is 14.8. The van der Waals surface area contributed by atoms with Crippen LogP contribution in [0, 0.1) is 0 Å². The smallest absolute Gasteiger partial charge is 0.329 e. The SMILES string of the molecule is CCC(C)n1ccc(CN2CC(C)(OCC(=O)O)C2)n1. The van der Waals surface area contributed by atoms with Crippen LogP contribution in [0.4, 0.5) is 0 Å². The Balaban J connectivity index is 1.79. The molecular formula is C14H23N3O3. The summed E-state index contributed by atoms with van der Waals surface area (Å²) in [6.45, 7) is 8.30. The number of hydrogen-bond donors (Lipinski definition) is 1. The van der Waals surface area contributed by atoms with Crippen LogP contribution in [0.15, 0.2) is 12.3 Å². The second-order valence-electron chi connectivity index (χ2n) is 5.82. The summed E-state index contributed by atoms with van der Waals surface area (Å²) >= 11 is 0. The largest absolute Gasteiger partial charge is 0.480 e. The minimum atomic E-state index is -0.919. The molecule has 0 radical (unpaired) electrons. The lowest BCUT2D eigenvalue weighted by Gasteiger charge is -2.47. The fourth-order valence-corrected chi connectivity index (χ4v) is 2.46. The van der Waals surface area contributed by atoms with Crippen molar-refractivity contribution in [2.24, 2.45) is 0 Å². The van der Waals surface area contributed by atoms with E-state index in [1.807, 2.05) is 23.9 Å². The summed E-state index contributed by atoms with van der Waals surface area (Å²) in [6.07, 6.45) is 3.08. The predicted octanol–water partition coefficient (Wildman–Crippen LogP) is 1.53. The van der Waals surface area contributed by atoms with Crippen LogP contribution in [0.2, 0.25) is 0 Å². The van der Waals surface area contributed by atoms with Gasteiger partial charge in [-0.05, 0) is 26.3 Å². The van der Waals surface area contributed by atoms with E-state index in [9.17, 15) is 4.79 Å². The number of carboxylic acids is 1. The Hall–Kier alpha value is -1.40. The van der Waals surface area contributed by atoms with Crippen molar-refractivity contribution in [2.75, 3.05) is 19.7 Å². The molecule has 20 heavy (non-hydrogen) atoms. The summed E-state index contributed by atoms with van der Waals surface area (Å²) < 4.78 is 7.38. The number of aromatic nitrogens is 2. The van der Waals surface area contributed by atoms with E-state index in [0.717, 1.165) is 31.7 Å². The van der Waals surface area contributed by atoms with Gasteiger partial charge in [-0.2, -0.15) is 5.10 Å². The zero-order valence-electron chi connectivity index (χ0n) is 12.4. The molecule has 1 aliphatic rings. The van der Waals surface area contributed by atoms with E-state index in [-0.39, 0.29) is 12.2 Å². The number of likely N-dealkylation sites (tertiary alicyclic amines) is 1. The second-order valence-corrected chi connectivity index (χ2v) is 5.82. The summed E-state index contributed by atoms with van der Waals surface area (Å²) in [5.74, 6) is -0.919. The van der Waals surface area contributed by atoms with Gasteiger partial charge >= 0.3 is 5.97 Å². The number of nitrogens with zero attached hydrogens (tertiary/aromatic N) is 3. The molecule has 1 atom stereocenters. The fourth-order valence-electron chi connectivity index (χ4n) is 2.46. The molecule has 0 amide bonds. The van der Waals surface area contributed by atoms with Crippen molar-refractivity contribution in [3.05, 3.63) is 18.0 Å². The summed E-state index contributed by atoms with van der Waals surface area (Å²) in [6, 6.07) is 2.46. The van der Waals surface area contributed by atoms with Crippen molar-refractivity contribution in [1.82, 2.24) is 14.7 Å². The Morgan fingerprint density at radius 2 is 2.30 bits per heavy atom. The molecule has 1 unspecified atom stereocenters. The Labute approximate surface area is 119 Å². The first-order valence-corrected chi connectivity index (χ1v) is 7.04. The van der Waals surface area contributed by atoms with Gasteiger partial charge in [0.25, 0.3) is 0 Å². The Morgan fingerprint density at radius 1 is 1.60 bits per heavy atom. The average molecular weight is 281 g/mol. The number of hydrogen-bond acceptors (Lipinski definition) is 4. The molecule has 112 valence electrons. The van der Waals surface area contributed by atoms with Crippen LogP contribution in [0.25, 0.3) is 0 Å². The van der Waals surface area contributed by atoms with Crippen LogP contribution in [0.3, 0.4) is 0 Å². The minimum Gasteiger partial charge on any atom is -0.480 e. The van der Waals surface area contributed by atoms with E-state index < -0.39 is 5.97 Å². The van der Waals surface area contributed by atoms with Crippen LogP contribution in [-0.4, -0.2) is 51.1 Å². The topological polar surface area (TPSA) is 67.6 Å². The number of carboxylic acid groups (broad SMARTS) is 1. The summed E-state index contributed by atoms with van der Waals surface area (Å²) in [7, 11) is 0. The van der Waals surface area contributed by atoms with E-state index in [0.29, 0.717) is 6.04 Å². The maximum atomic E-state index is 10.5. The van der Waals surface area contributed by atoms with Gasteiger partial charge in [0, 0.05) is 31.9 Å². The fraction of sp³-hybridized carbons (Fsp3) is 0.714. The van der Waals surface area contributed by atoms with Gasteiger partial charge in [0.05, 0.1) is 11.3 Å². The molecule has 1 N–H and O–H groups in total. The summed E-state index contributed by atoms with van der Waals surface area (Å²) in [4.78, 5) is 12.7. The molecule has 1 saturated heterocycles. The molecule has 1 aromatic heterocycles. The third kappa shape index (κ3) is 3.58. The number of ether oxygens (including phenoxy) is 1.